The molecule has 1 amide bonds. The number of nitrogens with zero attached hydrogens (tertiary/aromatic N) is 3. The Labute approximate surface area is 96.8 Å². The molecule has 6 heteroatoms. The lowest BCUT2D eigenvalue weighted by molar-refractivity contribution is 0.0991. The molecule has 2 aromatic rings. The van der Waals surface area contributed by atoms with Gasteiger partial charge in [0.15, 0.2) is 0 Å². The molecule has 0 radical (unpaired) electrons. The third-order valence-electron chi connectivity index (χ3n) is 2.12. The second-order valence-electron chi connectivity index (χ2n) is 3.26. The van der Waals surface area contributed by atoms with E-state index in [0.29, 0.717) is 22.1 Å². The number of hydrogen-bond donors (Lipinski definition) is 1. The minimum absolute atomic E-state index is 0.340. The van der Waals surface area contributed by atoms with Crippen molar-refractivity contribution in [2.75, 3.05) is 0 Å². The number of carbonyl (C=O) groups is 1. The third-order valence-corrected chi connectivity index (χ3v) is 2.35. The minimum Gasteiger partial charge on any atom is -0.364 e. The van der Waals surface area contributed by atoms with Crippen molar-refractivity contribution in [3.63, 3.8) is 0 Å². The largest absolute Gasteiger partial charge is 0.364 e. The topological polar surface area (TPSA) is 73.8 Å². The van der Waals surface area contributed by atoms with Crippen LogP contribution in [0.25, 0.3) is 11.4 Å². The summed E-state index contributed by atoms with van der Waals surface area (Å²) in [6, 6.07) is 5.04. The van der Waals surface area contributed by atoms with Gasteiger partial charge in [-0.1, -0.05) is 11.6 Å². The van der Waals surface area contributed by atoms with Crippen LogP contribution in [0, 0.1) is 0 Å². The predicted octanol–water partition coefficient (Wildman–Crippen LogP) is 1.23. The number of carbonyl (C=O) groups excluding carboxylic acids is 1. The van der Waals surface area contributed by atoms with Crippen molar-refractivity contribution in [2.45, 2.75) is 0 Å². The molecule has 0 saturated carbocycles. The van der Waals surface area contributed by atoms with Gasteiger partial charge in [-0.05, 0) is 18.2 Å². The molecule has 2 aromatic heterocycles. The molecular weight excluding hydrogens is 228 g/mol. The van der Waals surface area contributed by atoms with E-state index in [9.17, 15) is 4.79 Å². The van der Waals surface area contributed by atoms with E-state index in [1.807, 2.05) is 0 Å². The Balaban J connectivity index is 2.45. The minimum atomic E-state index is -0.518. The third kappa shape index (κ3) is 1.90. The van der Waals surface area contributed by atoms with E-state index >= 15 is 0 Å². The second kappa shape index (κ2) is 3.94. The number of hydrogen-bond acceptors (Lipinski definition) is 3. The fraction of sp³-hybridized carbons (Fsp3) is 0.100. The number of aromatic nitrogens is 3. The van der Waals surface area contributed by atoms with Gasteiger partial charge in [0.25, 0.3) is 5.91 Å². The van der Waals surface area contributed by atoms with Gasteiger partial charge in [-0.25, -0.2) is 0 Å². The first-order valence-electron chi connectivity index (χ1n) is 4.53. The number of nitrogens with two attached hydrogens (primary N) is 1. The Kier molecular flexibility index (Phi) is 2.62. The van der Waals surface area contributed by atoms with Gasteiger partial charge in [0.1, 0.15) is 11.4 Å². The van der Waals surface area contributed by atoms with Crippen molar-refractivity contribution in [3.8, 4) is 11.4 Å². The Bertz CT molecular complexity index is 532. The smallest absolute Gasteiger partial charge is 0.266 e. The lowest BCUT2D eigenvalue weighted by Gasteiger charge is -1.94. The first kappa shape index (κ1) is 10.6. The van der Waals surface area contributed by atoms with Crippen LogP contribution < -0.4 is 5.73 Å². The summed E-state index contributed by atoms with van der Waals surface area (Å²) in [4.78, 5) is 15.1. The molecule has 2 rings (SSSR count). The predicted molar refractivity (Wildman–Crippen MR) is 60.0 cm³/mol. The summed E-state index contributed by atoms with van der Waals surface area (Å²) >= 11 is 5.72. The lowest BCUT2D eigenvalue weighted by Crippen LogP contribution is -2.15. The number of halogens is 1. The molecule has 16 heavy (non-hydrogen) atoms. The van der Waals surface area contributed by atoms with Crippen molar-refractivity contribution in [1.82, 2.24) is 14.8 Å². The summed E-state index contributed by atoms with van der Waals surface area (Å²) in [7, 11) is 1.65. The second-order valence-corrected chi connectivity index (χ2v) is 3.70. The Morgan fingerprint density at radius 2 is 2.19 bits per heavy atom. The average Bonchev–Trinajstić information content (AvgIpc) is 2.61. The average molecular weight is 237 g/mol. The van der Waals surface area contributed by atoms with Gasteiger partial charge in [-0.2, -0.15) is 5.10 Å². The summed E-state index contributed by atoms with van der Waals surface area (Å²) in [5.74, 6) is -0.518. The maximum atomic E-state index is 11.0. The summed E-state index contributed by atoms with van der Waals surface area (Å²) in [6.07, 6.45) is 1.52. The fourth-order valence-corrected chi connectivity index (χ4v) is 1.46. The van der Waals surface area contributed by atoms with Gasteiger partial charge in [-0.15, -0.1) is 0 Å². The van der Waals surface area contributed by atoms with Gasteiger partial charge in [-0.3, -0.25) is 14.5 Å². The van der Waals surface area contributed by atoms with Gasteiger partial charge in [0, 0.05) is 13.2 Å². The van der Waals surface area contributed by atoms with Crippen LogP contribution in [0.3, 0.4) is 0 Å². The molecule has 0 fully saturated rings. The van der Waals surface area contributed by atoms with E-state index < -0.39 is 5.91 Å². The van der Waals surface area contributed by atoms with Crippen LogP contribution in [-0.4, -0.2) is 20.7 Å². The summed E-state index contributed by atoms with van der Waals surface area (Å²) in [6.45, 7) is 0. The maximum Gasteiger partial charge on any atom is 0.266 e. The molecule has 0 unspecified atom stereocenters. The van der Waals surface area contributed by atoms with Crippen LogP contribution in [0.4, 0.5) is 0 Å². The van der Waals surface area contributed by atoms with Crippen LogP contribution in [0.15, 0.2) is 24.4 Å². The molecule has 0 bridgehead atoms. The van der Waals surface area contributed by atoms with Crippen molar-refractivity contribution in [3.05, 3.63) is 35.1 Å². The Hall–Kier alpha value is -1.88. The number of pyridine rings is 1. The zero-order valence-electron chi connectivity index (χ0n) is 8.51. The molecular formula is C10H9ClN4O. The van der Waals surface area contributed by atoms with Crippen LogP contribution in [0.1, 0.15) is 10.5 Å². The fourth-order valence-electron chi connectivity index (χ4n) is 1.35. The van der Waals surface area contributed by atoms with E-state index in [4.69, 9.17) is 17.3 Å². The van der Waals surface area contributed by atoms with E-state index in [2.05, 4.69) is 10.1 Å². The molecule has 5 nitrogen and oxygen atoms in total. The standard InChI is InChI=1S/C10H9ClN4O/c1-15-9(10(12)16)4-8(14-15)7-3-2-6(11)5-13-7/h2-5H,1H3,(H2,12,16). The molecule has 0 aliphatic rings. The highest BCUT2D eigenvalue weighted by molar-refractivity contribution is 6.30. The molecule has 0 spiro atoms. The molecule has 0 atom stereocenters. The molecule has 82 valence electrons. The molecule has 0 aliphatic carbocycles. The van der Waals surface area contributed by atoms with Gasteiger partial charge < -0.3 is 5.73 Å². The SMILES string of the molecule is Cn1nc(-c2ccc(Cl)cn2)cc1C(N)=O. The zero-order valence-corrected chi connectivity index (χ0v) is 9.27. The van der Waals surface area contributed by atoms with Crippen LogP contribution in [0.5, 0.6) is 0 Å². The van der Waals surface area contributed by atoms with Crippen molar-refractivity contribution >= 4 is 17.5 Å². The van der Waals surface area contributed by atoms with E-state index in [1.54, 1.807) is 25.2 Å². The summed E-state index contributed by atoms with van der Waals surface area (Å²) < 4.78 is 1.42. The monoisotopic (exact) mass is 236 g/mol. The van der Waals surface area contributed by atoms with Crippen molar-refractivity contribution < 1.29 is 4.79 Å². The Morgan fingerprint density at radius 1 is 1.44 bits per heavy atom. The van der Waals surface area contributed by atoms with Crippen LogP contribution >= 0.6 is 11.6 Å². The molecule has 0 saturated heterocycles. The summed E-state index contributed by atoms with van der Waals surface area (Å²) in [5, 5.41) is 4.69. The van der Waals surface area contributed by atoms with Crippen LogP contribution in [-0.2, 0) is 7.05 Å². The Morgan fingerprint density at radius 3 is 2.69 bits per heavy atom. The van der Waals surface area contributed by atoms with Crippen molar-refractivity contribution in [2.24, 2.45) is 12.8 Å². The highest BCUT2D eigenvalue weighted by atomic mass is 35.5. The lowest BCUT2D eigenvalue weighted by atomic mass is 10.2. The molecule has 0 aliphatic heterocycles. The van der Waals surface area contributed by atoms with Gasteiger partial charge in [0.2, 0.25) is 0 Å². The molecule has 0 aromatic carbocycles. The number of aryl methyl sites for hydroxylation is 1. The van der Waals surface area contributed by atoms with E-state index in [0.717, 1.165) is 0 Å². The molecule has 2 heterocycles. The van der Waals surface area contributed by atoms with Crippen molar-refractivity contribution in [1.29, 1.82) is 0 Å². The highest BCUT2D eigenvalue weighted by Gasteiger charge is 2.11. The van der Waals surface area contributed by atoms with Gasteiger partial charge >= 0.3 is 0 Å². The quantitative estimate of drug-likeness (QED) is 0.852. The first-order valence-corrected chi connectivity index (χ1v) is 4.91. The number of rotatable bonds is 2. The summed E-state index contributed by atoms with van der Waals surface area (Å²) in [5.41, 5.74) is 6.76. The van der Waals surface area contributed by atoms with E-state index in [1.165, 1.54) is 10.9 Å². The van der Waals surface area contributed by atoms with E-state index in [-0.39, 0.29) is 0 Å². The van der Waals surface area contributed by atoms with Gasteiger partial charge in [0.05, 0.1) is 10.7 Å². The zero-order chi connectivity index (χ0) is 11.7. The highest BCUT2D eigenvalue weighted by Crippen LogP contribution is 2.17. The van der Waals surface area contributed by atoms with Crippen LogP contribution in [0.2, 0.25) is 5.02 Å². The maximum absolute atomic E-state index is 11.0. The molecule has 2 N–H and O–H groups in total. The normalized spacial score (nSPS) is 10.4. The first-order chi connectivity index (χ1) is 7.58. The number of primary amides is 1. The number of amides is 1.